The lowest BCUT2D eigenvalue weighted by Gasteiger charge is -2.33. The van der Waals surface area contributed by atoms with Crippen molar-refractivity contribution in [2.75, 3.05) is 6.61 Å². The SMILES string of the molecule is CC(C)[C@H]1N(C(=O)[C@H](C)[C@H]2OC(=CCCCCCO)C=CC2=O)C(=O)OC1(C)C. The first-order valence-electron chi connectivity index (χ1n) is 10.4. The van der Waals surface area contributed by atoms with Crippen molar-refractivity contribution in [1.29, 1.82) is 0 Å². The number of carbonyl (C=O) groups is 3. The van der Waals surface area contributed by atoms with E-state index in [2.05, 4.69) is 0 Å². The molecule has 0 aromatic carbocycles. The number of cyclic esters (lactones) is 1. The Balaban J connectivity index is 2.11. The van der Waals surface area contributed by atoms with Gasteiger partial charge in [-0.2, -0.15) is 0 Å². The van der Waals surface area contributed by atoms with Crippen LogP contribution in [0.3, 0.4) is 0 Å². The maximum atomic E-state index is 13.2. The van der Waals surface area contributed by atoms with Gasteiger partial charge in [0.05, 0.1) is 12.0 Å². The highest BCUT2D eigenvalue weighted by molar-refractivity contribution is 6.02. The molecule has 0 aromatic heterocycles. The maximum Gasteiger partial charge on any atom is 0.417 e. The molecule has 2 heterocycles. The number of unbranched alkanes of at least 4 members (excludes halogenated alkanes) is 3. The van der Waals surface area contributed by atoms with Crippen LogP contribution >= 0.6 is 0 Å². The number of nitrogens with zero attached hydrogens (tertiary/aromatic N) is 1. The molecule has 0 saturated carbocycles. The van der Waals surface area contributed by atoms with Gasteiger partial charge in [-0.3, -0.25) is 9.59 Å². The highest BCUT2D eigenvalue weighted by Crippen LogP contribution is 2.36. The molecule has 0 aromatic rings. The molecular formula is C22H33NO6. The van der Waals surface area contributed by atoms with E-state index in [1.165, 1.54) is 6.08 Å². The highest BCUT2D eigenvalue weighted by Gasteiger charge is 2.53. The van der Waals surface area contributed by atoms with Crippen molar-refractivity contribution >= 4 is 17.8 Å². The minimum atomic E-state index is -0.972. The fourth-order valence-electron chi connectivity index (χ4n) is 4.08. The second-order valence-corrected chi connectivity index (χ2v) is 8.61. The first kappa shape index (κ1) is 23.1. The lowest BCUT2D eigenvalue weighted by Crippen LogP contribution is -2.52. The van der Waals surface area contributed by atoms with Crippen LogP contribution in [0, 0.1) is 11.8 Å². The molecule has 0 radical (unpaired) electrons. The minimum absolute atomic E-state index is 0.00449. The summed E-state index contributed by atoms with van der Waals surface area (Å²) in [5, 5.41) is 8.83. The number of hydrogen-bond donors (Lipinski definition) is 1. The number of rotatable bonds is 8. The molecule has 7 nitrogen and oxygen atoms in total. The molecule has 3 atom stereocenters. The summed E-state index contributed by atoms with van der Waals surface area (Å²) in [7, 11) is 0. The Kier molecular flexibility index (Phi) is 7.63. The van der Waals surface area contributed by atoms with Gasteiger partial charge in [0.2, 0.25) is 5.91 Å². The summed E-state index contributed by atoms with van der Waals surface area (Å²) in [5.41, 5.74) is -0.794. The van der Waals surface area contributed by atoms with Crippen molar-refractivity contribution in [2.45, 2.75) is 78.0 Å². The molecule has 0 unspecified atom stereocenters. The highest BCUT2D eigenvalue weighted by atomic mass is 16.6. The van der Waals surface area contributed by atoms with Crippen molar-refractivity contribution in [3.63, 3.8) is 0 Å². The predicted octanol–water partition coefficient (Wildman–Crippen LogP) is 3.37. The molecular weight excluding hydrogens is 374 g/mol. The smallest absolute Gasteiger partial charge is 0.417 e. The minimum Gasteiger partial charge on any atom is -0.482 e. The zero-order chi connectivity index (χ0) is 21.8. The van der Waals surface area contributed by atoms with Crippen LogP contribution in [0.25, 0.3) is 0 Å². The Hall–Kier alpha value is -2.15. The molecule has 2 amide bonds. The molecule has 7 heteroatoms. The monoisotopic (exact) mass is 407 g/mol. The summed E-state index contributed by atoms with van der Waals surface area (Å²) in [5.74, 6) is -1.04. The quantitative estimate of drug-likeness (QED) is 0.620. The summed E-state index contributed by atoms with van der Waals surface area (Å²) in [6.07, 6.45) is 6.58. The van der Waals surface area contributed by atoms with E-state index in [0.717, 1.165) is 30.6 Å². The number of ketones is 1. The molecule has 0 spiro atoms. The van der Waals surface area contributed by atoms with Gasteiger partial charge < -0.3 is 14.6 Å². The number of aliphatic hydroxyl groups excluding tert-OH is 1. The molecule has 0 bridgehead atoms. The van der Waals surface area contributed by atoms with E-state index in [1.807, 2.05) is 19.9 Å². The van der Waals surface area contributed by atoms with E-state index in [9.17, 15) is 14.4 Å². The van der Waals surface area contributed by atoms with Crippen molar-refractivity contribution in [3.05, 3.63) is 24.0 Å². The van der Waals surface area contributed by atoms with Gasteiger partial charge in [0.1, 0.15) is 11.4 Å². The molecule has 1 saturated heterocycles. The number of imide groups is 1. The third-order valence-corrected chi connectivity index (χ3v) is 5.41. The first-order valence-corrected chi connectivity index (χ1v) is 10.4. The van der Waals surface area contributed by atoms with Crippen molar-refractivity contribution in [2.24, 2.45) is 11.8 Å². The predicted molar refractivity (Wildman–Crippen MR) is 108 cm³/mol. The Morgan fingerprint density at radius 2 is 1.90 bits per heavy atom. The van der Waals surface area contributed by atoms with Gasteiger partial charge in [-0.25, -0.2) is 9.69 Å². The van der Waals surface area contributed by atoms with Crippen LogP contribution in [0.1, 0.15) is 60.3 Å². The maximum absolute atomic E-state index is 13.2. The molecule has 162 valence electrons. The van der Waals surface area contributed by atoms with Gasteiger partial charge in [-0.15, -0.1) is 0 Å². The summed E-state index contributed by atoms with van der Waals surface area (Å²) in [6, 6.07) is -0.416. The van der Waals surface area contributed by atoms with Crippen LogP contribution in [-0.4, -0.2) is 52.1 Å². The summed E-state index contributed by atoms with van der Waals surface area (Å²) >= 11 is 0. The van der Waals surface area contributed by atoms with E-state index in [0.29, 0.717) is 5.76 Å². The van der Waals surface area contributed by atoms with Crippen LogP contribution in [0.5, 0.6) is 0 Å². The molecule has 29 heavy (non-hydrogen) atoms. The molecule has 1 fully saturated rings. The largest absolute Gasteiger partial charge is 0.482 e. The van der Waals surface area contributed by atoms with Crippen molar-refractivity contribution in [1.82, 2.24) is 4.90 Å². The number of amides is 2. The third-order valence-electron chi connectivity index (χ3n) is 5.41. The number of allylic oxidation sites excluding steroid dienone is 2. The van der Waals surface area contributed by atoms with Crippen LogP contribution < -0.4 is 0 Å². The zero-order valence-corrected chi connectivity index (χ0v) is 18.0. The van der Waals surface area contributed by atoms with Gasteiger partial charge in [0.25, 0.3) is 0 Å². The molecule has 2 aliphatic heterocycles. The Labute approximate surface area is 172 Å². The Morgan fingerprint density at radius 1 is 1.21 bits per heavy atom. The fraction of sp³-hybridized carbons (Fsp3) is 0.682. The normalized spacial score (nSPS) is 26.0. The van der Waals surface area contributed by atoms with E-state index in [1.54, 1.807) is 26.8 Å². The first-order chi connectivity index (χ1) is 13.6. The Morgan fingerprint density at radius 3 is 2.52 bits per heavy atom. The van der Waals surface area contributed by atoms with Gasteiger partial charge in [0, 0.05) is 6.61 Å². The third kappa shape index (κ3) is 5.26. The number of ether oxygens (including phenoxy) is 2. The van der Waals surface area contributed by atoms with Gasteiger partial charge in [0.15, 0.2) is 11.9 Å². The second kappa shape index (κ2) is 9.57. The van der Waals surface area contributed by atoms with Crippen LogP contribution in [0.2, 0.25) is 0 Å². The van der Waals surface area contributed by atoms with E-state index in [-0.39, 0.29) is 18.3 Å². The lowest BCUT2D eigenvalue weighted by atomic mass is 9.87. The van der Waals surface area contributed by atoms with Crippen LogP contribution in [0.15, 0.2) is 24.0 Å². The van der Waals surface area contributed by atoms with Crippen molar-refractivity contribution in [3.8, 4) is 0 Å². The number of carbonyl (C=O) groups excluding carboxylic acids is 3. The number of hydrogen-bond acceptors (Lipinski definition) is 6. The average molecular weight is 408 g/mol. The molecule has 2 rings (SSSR count). The summed E-state index contributed by atoms with van der Waals surface area (Å²) < 4.78 is 11.2. The molecule has 1 N–H and O–H groups in total. The summed E-state index contributed by atoms with van der Waals surface area (Å²) in [4.78, 5) is 39.1. The topological polar surface area (TPSA) is 93.1 Å². The van der Waals surface area contributed by atoms with E-state index < -0.39 is 35.7 Å². The zero-order valence-electron chi connectivity index (χ0n) is 18.0. The average Bonchev–Trinajstić information content (AvgIpc) is 2.90. The second-order valence-electron chi connectivity index (χ2n) is 8.61. The fourth-order valence-corrected chi connectivity index (χ4v) is 4.08. The van der Waals surface area contributed by atoms with E-state index >= 15 is 0 Å². The van der Waals surface area contributed by atoms with Crippen molar-refractivity contribution < 1.29 is 29.0 Å². The Bertz CT molecular complexity index is 693. The van der Waals surface area contributed by atoms with Gasteiger partial charge >= 0.3 is 6.09 Å². The van der Waals surface area contributed by atoms with Crippen LogP contribution in [0.4, 0.5) is 4.79 Å². The lowest BCUT2D eigenvalue weighted by molar-refractivity contribution is -0.143. The van der Waals surface area contributed by atoms with Crippen LogP contribution in [-0.2, 0) is 19.1 Å². The standard InChI is InChI=1S/C22H33NO6/c1-14(2)19-22(4,5)29-21(27)23(19)20(26)15(3)18-17(25)12-11-16(28-18)10-8-6-7-9-13-24/h10-12,14-15,18-19,24H,6-9,13H2,1-5H3/t15-,18-,19-/m1/s1. The number of aliphatic hydroxyl groups is 1. The molecule has 0 aliphatic carbocycles. The molecule has 2 aliphatic rings. The summed E-state index contributed by atoms with van der Waals surface area (Å²) in [6.45, 7) is 9.23. The van der Waals surface area contributed by atoms with E-state index in [4.69, 9.17) is 14.6 Å². The van der Waals surface area contributed by atoms with Gasteiger partial charge in [-0.05, 0) is 64.2 Å². The van der Waals surface area contributed by atoms with Gasteiger partial charge in [-0.1, -0.05) is 20.3 Å².